The van der Waals surface area contributed by atoms with Gasteiger partial charge < -0.3 is 10.6 Å². The Morgan fingerprint density at radius 2 is 2.67 bits per heavy atom. The molecule has 2 rings (SSSR count). The van der Waals surface area contributed by atoms with Crippen molar-refractivity contribution < 1.29 is 0 Å². The van der Waals surface area contributed by atoms with Gasteiger partial charge in [0.25, 0.3) is 0 Å². The number of aromatic nitrogens is 2. The molecule has 0 aliphatic carbocycles. The van der Waals surface area contributed by atoms with Crippen molar-refractivity contribution in [2.45, 2.75) is 19.0 Å². The van der Waals surface area contributed by atoms with Crippen molar-refractivity contribution in [3.05, 3.63) is 18.0 Å². The summed E-state index contributed by atoms with van der Waals surface area (Å²) in [6.07, 6.45) is 5.02. The van der Waals surface area contributed by atoms with Crippen LogP contribution in [0.5, 0.6) is 0 Å². The first-order chi connectivity index (χ1) is 5.95. The van der Waals surface area contributed by atoms with Gasteiger partial charge in [0.2, 0.25) is 0 Å². The highest BCUT2D eigenvalue weighted by Gasteiger charge is 2.12. The first-order valence-corrected chi connectivity index (χ1v) is 4.37. The van der Waals surface area contributed by atoms with E-state index >= 15 is 0 Å². The molecule has 66 valence electrons. The molecule has 12 heavy (non-hydrogen) atoms. The fourth-order valence-corrected chi connectivity index (χ4v) is 1.47. The average molecular weight is 166 g/mol. The molecule has 1 aromatic heterocycles. The lowest BCUT2D eigenvalue weighted by molar-refractivity contribution is 0.547. The molecule has 2 heterocycles. The first-order valence-electron chi connectivity index (χ1n) is 4.37. The highest BCUT2D eigenvalue weighted by Crippen LogP contribution is 1.99. The largest absolute Gasteiger partial charge is 0.315 e. The van der Waals surface area contributed by atoms with Crippen molar-refractivity contribution in [3.8, 4) is 0 Å². The molecule has 1 aromatic rings. The molecule has 1 aliphatic rings. The molecule has 0 bridgehead atoms. The standard InChI is InChI=1S/C8H14N4/c1-2-9-6-8(1)10-3-7-4-11-12-5-7/h4-5,8-10H,1-3,6H2,(H,11,12). The van der Waals surface area contributed by atoms with Crippen molar-refractivity contribution in [2.75, 3.05) is 13.1 Å². The number of H-pyrrole nitrogens is 1. The normalized spacial score (nSPS) is 23.2. The van der Waals surface area contributed by atoms with Gasteiger partial charge in [-0.15, -0.1) is 0 Å². The Hall–Kier alpha value is -0.870. The number of aromatic amines is 1. The lowest BCUT2D eigenvalue weighted by atomic mass is 10.2. The van der Waals surface area contributed by atoms with Crippen molar-refractivity contribution in [1.82, 2.24) is 20.8 Å². The Bertz CT molecular complexity index is 213. The third-order valence-electron chi connectivity index (χ3n) is 2.21. The van der Waals surface area contributed by atoms with Gasteiger partial charge in [0, 0.05) is 30.9 Å². The topological polar surface area (TPSA) is 52.7 Å². The number of nitrogens with zero attached hydrogens (tertiary/aromatic N) is 1. The van der Waals surface area contributed by atoms with Crippen LogP contribution in [0.1, 0.15) is 12.0 Å². The molecule has 1 fully saturated rings. The van der Waals surface area contributed by atoms with E-state index in [1.165, 1.54) is 12.0 Å². The Morgan fingerprint density at radius 3 is 3.33 bits per heavy atom. The molecular formula is C8H14N4. The van der Waals surface area contributed by atoms with Gasteiger partial charge in [-0.2, -0.15) is 5.10 Å². The molecule has 1 aliphatic heterocycles. The van der Waals surface area contributed by atoms with Crippen LogP contribution in [0, 0.1) is 0 Å². The molecule has 0 saturated carbocycles. The van der Waals surface area contributed by atoms with Crippen LogP contribution in [0.15, 0.2) is 12.4 Å². The summed E-state index contributed by atoms with van der Waals surface area (Å²) in [7, 11) is 0. The third-order valence-corrected chi connectivity index (χ3v) is 2.21. The van der Waals surface area contributed by atoms with Crippen LogP contribution >= 0.6 is 0 Å². The van der Waals surface area contributed by atoms with Gasteiger partial charge in [0.15, 0.2) is 0 Å². The molecule has 4 heteroatoms. The highest BCUT2D eigenvalue weighted by molar-refractivity contribution is 5.02. The van der Waals surface area contributed by atoms with Crippen LogP contribution in [0.25, 0.3) is 0 Å². The van der Waals surface area contributed by atoms with Crippen molar-refractivity contribution in [3.63, 3.8) is 0 Å². The SMILES string of the molecule is c1n[nH]cc1CNC1CCNC1. The van der Waals surface area contributed by atoms with Gasteiger partial charge in [0.1, 0.15) is 0 Å². The first kappa shape index (κ1) is 7.76. The van der Waals surface area contributed by atoms with Gasteiger partial charge in [-0.3, -0.25) is 5.10 Å². The number of hydrogen-bond donors (Lipinski definition) is 3. The molecule has 1 atom stereocenters. The summed E-state index contributed by atoms with van der Waals surface area (Å²) in [5.41, 5.74) is 1.22. The summed E-state index contributed by atoms with van der Waals surface area (Å²) in [5.74, 6) is 0. The molecular weight excluding hydrogens is 152 g/mol. The smallest absolute Gasteiger partial charge is 0.0532 e. The third kappa shape index (κ3) is 1.84. The zero-order valence-corrected chi connectivity index (χ0v) is 7.01. The molecule has 0 aromatic carbocycles. The molecule has 0 amide bonds. The fourth-order valence-electron chi connectivity index (χ4n) is 1.47. The molecule has 3 N–H and O–H groups in total. The van der Waals surface area contributed by atoms with E-state index in [0.29, 0.717) is 6.04 Å². The summed E-state index contributed by atoms with van der Waals surface area (Å²) >= 11 is 0. The molecule has 1 unspecified atom stereocenters. The summed E-state index contributed by atoms with van der Waals surface area (Å²) in [6.45, 7) is 3.16. The van der Waals surface area contributed by atoms with Gasteiger partial charge >= 0.3 is 0 Å². The zero-order chi connectivity index (χ0) is 8.23. The summed E-state index contributed by atoms with van der Waals surface area (Å²) in [6, 6.07) is 0.639. The molecule has 4 nitrogen and oxygen atoms in total. The van der Waals surface area contributed by atoms with E-state index in [-0.39, 0.29) is 0 Å². The predicted octanol–water partition coefficient (Wildman–Crippen LogP) is -0.139. The number of rotatable bonds is 3. The van der Waals surface area contributed by atoms with Crippen molar-refractivity contribution in [1.29, 1.82) is 0 Å². The Kier molecular flexibility index (Phi) is 2.39. The molecule has 0 spiro atoms. The lowest BCUT2D eigenvalue weighted by Gasteiger charge is -2.08. The van der Waals surface area contributed by atoms with Gasteiger partial charge in [-0.1, -0.05) is 0 Å². The van der Waals surface area contributed by atoms with Crippen LogP contribution in [-0.4, -0.2) is 29.3 Å². The van der Waals surface area contributed by atoms with Crippen LogP contribution < -0.4 is 10.6 Å². The van der Waals surface area contributed by atoms with Crippen LogP contribution in [-0.2, 0) is 6.54 Å². The second kappa shape index (κ2) is 3.69. The maximum absolute atomic E-state index is 3.89. The average Bonchev–Trinajstić information content (AvgIpc) is 2.74. The van der Waals surface area contributed by atoms with Gasteiger partial charge in [-0.25, -0.2) is 0 Å². The second-order valence-corrected chi connectivity index (χ2v) is 3.18. The van der Waals surface area contributed by atoms with Crippen molar-refractivity contribution >= 4 is 0 Å². The van der Waals surface area contributed by atoms with Crippen LogP contribution in [0.3, 0.4) is 0 Å². The quantitative estimate of drug-likeness (QED) is 0.586. The Morgan fingerprint density at radius 1 is 1.67 bits per heavy atom. The van der Waals surface area contributed by atoms with E-state index in [1.807, 2.05) is 12.4 Å². The summed E-state index contributed by atoms with van der Waals surface area (Å²) in [4.78, 5) is 0. The molecule has 1 saturated heterocycles. The number of hydrogen-bond acceptors (Lipinski definition) is 3. The minimum absolute atomic E-state index is 0.639. The lowest BCUT2D eigenvalue weighted by Crippen LogP contribution is -2.30. The van der Waals surface area contributed by atoms with E-state index in [0.717, 1.165) is 19.6 Å². The monoisotopic (exact) mass is 166 g/mol. The minimum Gasteiger partial charge on any atom is -0.315 e. The second-order valence-electron chi connectivity index (χ2n) is 3.18. The maximum Gasteiger partial charge on any atom is 0.0532 e. The van der Waals surface area contributed by atoms with Crippen LogP contribution in [0.4, 0.5) is 0 Å². The number of nitrogens with one attached hydrogen (secondary N) is 3. The van der Waals surface area contributed by atoms with Gasteiger partial charge in [0.05, 0.1) is 6.20 Å². The van der Waals surface area contributed by atoms with E-state index < -0.39 is 0 Å². The minimum atomic E-state index is 0.639. The van der Waals surface area contributed by atoms with E-state index in [2.05, 4.69) is 20.8 Å². The van der Waals surface area contributed by atoms with Crippen molar-refractivity contribution in [2.24, 2.45) is 0 Å². The van der Waals surface area contributed by atoms with E-state index in [1.54, 1.807) is 0 Å². The Balaban J connectivity index is 1.74. The van der Waals surface area contributed by atoms with E-state index in [9.17, 15) is 0 Å². The Labute approximate surface area is 71.7 Å². The van der Waals surface area contributed by atoms with Gasteiger partial charge in [-0.05, 0) is 13.0 Å². The maximum atomic E-state index is 3.89. The molecule has 0 radical (unpaired) electrons. The summed E-state index contributed by atoms with van der Waals surface area (Å²) < 4.78 is 0. The predicted molar refractivity (Wildman–Crippen MR) is 46.7 cm³/mol. The highest BCUT2D eigenvalue weighted by atomic mass is 15.1. The van der Waals surface area contributed by atoms with Crippen LogP contribution in [0.2, 0.25) is 0 Å². The summed E-state index contributed by atoms with van der Waals surface area (Å²) in [5, 5.41) is 13.5. The zero-order valence-electron chi connectivity index (χ0n) is 7.01. The van der Waals surface area contributed by atoms with E-state index in [4.69, 9.17) is 0 Å². The fraction of sp³-hybridized carbons (Fsp3) is 0.625.